The molecule has 5 heteroatoms. The van der Waals surface area contributed by atoms with Gasteiger partial charge in [-0.05, 0) is 12.8 Å². The number of hydrogen-bond acceptors (Lipinski definition) is 4. The molecule has 0 atom stereocenters. The van der Waals surface area contributed by atoms with E-state index in [1.54, 1.807) is 18.4 Å². The maximum absolute atomic E-state index is 5.63. The summed E-state index contributed by atoms with van der Waals surface area (Å²) >= 11 is 7.33. The normalized spacial score (nSPS) is 10.9. The molecule has 16 heavy (non-hydrogen) atoms. The number of methoxy groups -OCH3 is 1. The zero-order valence-electron chi connectivity index (χ0n) is 9.58. The van der Waals surface area contributed by atoms with Crippen LogP contribution in [0.5, 0.6) is 0 Å². The zero-order valence-corrected chi connectivity index (χ0v) is 11.1. The predicted molar refractivity (Wildman–Crippen MR) is 67.6 cm³/mol. The summed E-state index contributed by atoms with van der Waals surface area (Å²) in [6, 6.07) is 0. The molecule has 0 amide bonds. The van der Waals surface area contributed by atoms with Crippen LogP contribution in [0.4, 0.5) is 0 Å². The number of halogens is 1. The van der Waals surface area contributed by atoms with Crippen LogP contribution in [0.15, 0.2) is 5.38 Å². The van der Waals surface area contributed by atoms with E-state index in [-0.39, 0.29) is 0 Å². The molecule has 0 saturated heterocycles. The van der Waals surface area contributed by atoms with E-state index in [1.807, 2.05) is 0 Å². The highest BCUT2D eigenvalue weighted by molar-refractivity contribution is 7.09. The lowest BCUT2D eigenvalue weighted by Crippen LogP contribution is -2.04. The summed E-state index contributed by atoms with van der Waals surface area (Å²) in [4.78, 5) is 4.51. The fourth-order valence-electron chi connectivity index (χ4n) is 1.23. The van der Waals surface area contributed by atoms with Gasteiger partial charge in [-0.15, -0.1) is 22.9 Å². The molecule has 0 N–H and O–H groups in total. The van der Waals surface area contributed by atoms with Crippen molar-refractivity contribution in [1.29, 1.82) is 0 Å². The number of nitrogens with zero attached hydrogens (tertiary/aromatic N) is 1. The molecule has 1 aromatic heterocycles. The topological polar surface area (TPSA) is 31.4 Å². The predicted octanol–water partition coefficient (Wildman–Crippen LogP) is 2.52. The fraction of sp³-hybridized carbons (Fsp3) is 0.727. The Morgan fingerprint density at radius 3 is 2.94 bits per heavy atom. The number of alkyl halides is 1. The lowest BCUT2D eigenvalue weighted by Gasteiger charge is -2.00. The Morgan fingerprint density at radius 2 is 2.19 bits per heavy atom. The SMILES string of the molecule is COCCOCCc1nc(CCCCl)cs1. The molecule has 0 aliphatic rings. The summed E-state index contributed by atoms with van der Waals surface area (Å²) in [6.45, 7) is 2.02. The van der Waals surface area contributed by atoms with Crippen molar-refractivity contribution < 1.29 is 9.47 Å². The third-order valence-electron chi connectivity index (χ3n) is 2.06. The molecule has 0 saturated carbocycles. The van der Waals surface area contributed by atoms with Gasteiger partial charge in [0, 0.05) is 24.8 Å². The second-order valence-electron chi connectivity index (χ2n) is 3.38. The molecule has 0 unspecified atom stereocenters. The summed E-state index contributed by atoms with van der Waals surface area (Å²) in [5, 5.41) is 3.25. The first kappa shape index (κ1) is 13.9. The second-order valence-corrected chi connectivity index (χ2v) is 4.70. The summed E-state index contributed by atoms with van der Waals surface area (Å²) in [5.41, 5.74) is 1.15. The van der Waals surface area contributed by atoms with Crippen molar-refractivity contribution in [2.24, 2.45) is 0 Å². The Hall–Kier alpha value is -0.160. The van der Waals surface area contributed by atoms with E-state index in [1.165, 1.54) is 0 Å². The molecule has 1 rings (SSSR count). The summed E-state index contributed by atoms with van der Waals surface area (Å²) in [6.07, 6.45) is 2.86. The van der Waals surface area contributed by atoms with Crippen LogP contribution in [0.25, 0.3) is 0 Å². The van der Waals surface area contributed by atoms with Crippen molar-refractivity contribution in [2.75, 3.05) is 32.8 Å². The Bertz CT molecular complexity index is 281. The van der Waals surface area contributed by atoms with Gasteiger partial charge in [-0.3, -0.25) is 0 Å². The smallest absolute Gasteiger partial charge is 0.0951 e. The molecule has 0 fully saturated rings. The molecule has 0 aromatic carbocycles. The molecule has 0 radical (unpaired) electrons. The molecule has 3 nitrogen and oxygen atoms in total. The molecular weight excluding hydrogens is 246 g/mol. The second kappa shape index (κ2) is 8.93. The number of ether oxygens (including phenoxy) is 2. The lowest BCUT2D eigenvalue weighted by atomic mass is 10.3. The average molecular weight is 264 g/mol. The van der Waals surface area contributed by atoms with Gasteiger partial charge >= 0.3 is 0 Å². The largest absolute Gasteiger partial charge is 0.382 e. The van der Waals surface area contributed by atoms with Gasteiger partial charge in [-0.25, -0.2) is 4.98 Å². The minimum absolute atomic E-state index is 0.652. The van der Waals surface area contributed by atoms with E-state index < -0.39 is 0 Å². The lowest BCUT2D eigenvalue weighted by molar-refractivity contribution is 0.0722. The van der Waals surface area contributed by atoms with Crippen molar-refractivity contribution in [3.8, 4) is 0 Å². The Morgan fingerprint density at radius 1 is 1.31 bits per heavy atom. The molecule has 92 valence electrons. The first-order valence-electron chi connectivity index (χ1n) is 5.42. The number of aromatic nitrogens is 1. The maximum Gasteiger partial charge on any atom is 0.0951 e. The van der Waals surface area contributed by atoms with Gasteiger partial charge in [-0.2, -0.15) is 0 Å². The zero-order chi connectivity index (χ0) is 11.6. The van der Waals surface area contributed by atoms with Crippen LogP contribution >= 0.6 is 22.9 Å². The minimum atomic E-state index is 0.652. The van der Waals surface area contributed by atoms with E-state index in [9.17, 15) is 0 Å². The third kappa shape index (κ3) is 5.80. The van der Waals surface area contributed by atoms with Gasteiger partial charge in [0.05, 0.1) is 30.5 Å². The van der Waals surface area contributed by atoms with Gasteiger partial charge in [0.25, 0.3) is 0 Å². The first-order valence-corrected chi connectivity index (χ1v) is 6.84. The molecular formula is C11H18ClNO2S. The highest BCUT2D eigenvalue weighted by atomic mass is 35.5. The van der Waals surface area contributed by atoms with Crippen molar-refractivity contribution in [2.45, 2.75) is 19.3 Å². The van der Waals surface area contributed by atoms with Crippen LogP contribution < -0.4 is 0 Å². The number of thiazole rings is 1. The van der Waals surface area contributed by atoms with Crippen LogP contribution in [-0.2, 0) is 22.3 Å². The maximum atomic E-state index is 5.63. The molecule has 0 bridgehead atoms. The molecule has 0 aliphatic heterocycles. The van der Waals surface area contributed by atoms with Crippen LogP contribution in [0, 0.1) is 0 Å². The van der Waals surface area contributed by atoms with Gasteiger partial charge in [0.1, 0.15) is 0 Å². The van der Waals surface area contributed by atoms with Crippen LogP contribution in [-0.4, -0.2) is 37.8 Å². The number of rotatable bonds is 9. The third-order valence-corrected chi connectivity index (χ3v) is 3.28. The molecule has 0 aliphatic carbocycles. The Balaban J connectivity index is 2.14. The first-order chi connectivity index (χ1) is 7.86. The number of aryl methyl sites for hydroxylation is 1. The van der Waals surface area contributed by atoms with Gasteiger partial charge < -0.3 is 9.47 Å². The number of hydrogen-bond donors (Lipinski definition) is 0. The fourth-order valence-corrected chi connectivity index (χ4v) is 2.18. The van der Waals surface area contributed by atoms with E-state index in [2.05, 4.69) is 10.4 Å². The Kier molecular flexibility index (Phi) is 7.76. The van der Waals surface area contributed by atoms with Crippen molar-refractivity contribution in [1.82, 2.24) is 4.98 Å². The Labute approximate surface area is 106 Å². The summed E-state index contributed by atoms with van der Waals surface area (Å²) in [7, 11) is 1.67. The minimum Gasteiger partial charge on any atom is -0.382 e. The van der Waals surface area contributed by atoms with Gasteiger partial charge in [0.15, 0.2) is 0 Å². The van der Waals surface area contributed by atoms with Crippen LogP contribution in [0.1, 0.15) is 17.1 Å². The van der Waals surface area contributed by atoms with Gasteiger partial charge in [0.2, 0.25) is 0 Å². The molecule has 1 aromatic rings. The van der Waals surface area contributed by atoms with E-state index in [0.717, 1.165) is 30.0 Å². The van der Waals surface area contributed by atoms with E-state index in [4.69, 9.17) is 21.1 Å². The van der Waals surface area contributed by atoms with Crippen LogP contribution in [0.3, 0.4) is 0 Å². The van der Waals surface area contributed by atoms with Crippen LogP contribution in [0.2, 0.25) is 0 Å². The van der Waals surface area contributed by atoms with Crippen molar-refractivity contribution in [3.63, 3.8) is 0 Å². The highest BCUT2D eigenvalue weighted by Crippen LogP contribution is 2.12. The van der Waals surface area contributed by atoms with Crippen molar-refractivity contribution >= 4 is 22.9 Å². The van der Waals surface area contributed by atoms with E-state index >= 15 is 0 Å². The molecule has 1 heterocycles. The van der Waals surface area contributed by atoms with Gasteiger partial charge in [-0.1, -0.05) is 0 Å². The van der Waals surface area contributed by atoms with E-state index in [0.29, 0.717) is 25.7 Å². The average Bonchev–Trinajstić information content (AvgIpc) is 2.74. The quantitative estimate of drug-likeness (QED) is 0.507. The summed E-state index contributed by atoms with van der Waals surface area (Å²) in [5.74, 6) is 0.701. The standard InChI is InChI=1S/C11H18ClNO2S/c1-14-7-8-15-6-4-11-13-10(9-16-11)3-2-5-12/h9H,2-8H2,1H3. The summed E-state index contributed by atoms with van der Waals surface area (Å²) < 4.78 is 10.3. The van der Waals surface area contributed by atoms with Crippen molar-refractivity contribution in [3.05, 3.63) is 16.1 Å². The highest BCUT2D eigenvalue weighted by Gasteiger charge is 2.01. The molecule has 0 spiro atoms. The monoisotopic (exact) mass is 263 g/mol.